The second-order valence-electron chi connectivity index (χ2n) is 10.9. The maximum Gasteiger partial charge on any atom is 0.295 e. The fourth-order valence-corrected chi connectivity index (χ4v) is 5.79. The molecular formula is C32H40N2O6. The number of likely N-dealkylation sites (tertiary alicyclic amines) is 1. The maximum atomic E-state index is 13.5. The molecule has 3 heterocycles. The Kier molecular flexibility index (Phi) is 9.07. The Morgan fingerprint density at radius 1 is 1.05 bits per heavy atom. The molecule has 2 atom stereocenters. The minimum absolute atomic E-state index is 0.0597. The third kappa shape index (κ3) is 6.18. The van der Waals surface area contributed by atoms with E-state index in [2.05, 4.69) is 11.8 Å². The number of carbonyl (C=O) groups is 2. The van der Waals surface area contributed by atoms with Crippen molar-refractivity contribution in [1.82, 2.24) is 9.80 Å². The zero-order valence-electron chi connectivity index (χ0n) is 23.6. The van der Waals surface area contributed by atoms with Gasteiger partial charge in [-0.25, -0.2) is 0 Å². The lowest BCUT2D eigenvalue weighted by Gasteiger charge is -2.29. The predicted molar refractivity (Wildman–Crippen MR) is 153 cm³/mol. The zero-order chi connectivity index (χ0) is 28.1. The quantitative estimate of drug-likeness (QED) is 0.188. The molecule has 2 saturated heterocycles. The largest absolute Gasteiger partial charge is 0.507 e. The second-order valence-corrected chi connectivity index (χ2v) is 10.9. The number of ketones is 1. The Balaban J connectivity index is 1.46. The molecule has 1 N–H and O–H groups in total. The summed E-state index contributed by atoms with van der Waals surface area (Å²) in [7, 11) is 0. The highest BCUT2D eigenvalue weighted by molar-refractivity contribution is 6.46. The van der Waals surface area contributed by atoms with Gasteiger partial charge in [0.1, 0.15) is 23.4 Å². The molecule has 0 radical (unpaired) electrons. The van der Waals surface area contributed by atoms with Gasteiger partial charge in [-0.15, -0.1) is 0 Å². The second kappa shape index (κ2) is 12.9. The van der Waals surface area contributed by atoms with Gasteiger partial charge in [0.15, 0.2) is 0 Å². The van der Waals surface area contributed by atoms with Crippen LogP contribution in [0.4, 0.5) is 0 Å². The van der Waals surface area contributed by atoms with E-state index in [0.29, 0.717) is 44.1 Å². The number of ether oxygens (including phenoxy) is 3. The number of Topliss-reactive ketones (excluding diaryl/α,β-unsaturated/α-hetero) is 1. The minimum Gasteiger partial charge on any atom is -0.507 e. The van der Waals surface area contributed by atoms with Crippen molar-refractivity contribution in [2.24, 2.45) is 0 Å². The molecule has 8 heteroatoms. The number of aliphatic hydroxyl groups is 1. The topological polar surface area (TPSA) is 88.5 Å². The third-order valence-electron chi connectivity index (χ3n) is 7.88. The summed E-state index contributed by atoms with van der Waals surface area (Å²) in [4.78, 5) is 30.9. The normalized spacial score (nSPS) is 22.4. The standard InChI is InChI=1S/C32H40N2O6/c1-3-4-5-16-39-26-9-6-8-23(21-26)29-28(30(35)24-10-11-27-25(20-24)19-22(2)40-27)31(36)32(37)34(29)13-7-12-33-14-17-38-18-15-33/h6,8-11,20-22,29,35H,3-5,7,12-19H2,1-2H3/b30-28+/t22-,29-/m1/s1. The molecule has 2 fully saturated rings. The highest BCUT2D eigenvalue weighted by atomic mass is 16.5. The van der Waals surface area contributed by atoms with Crippen LogP contribution in [0.15, 0.2) is 48.0 Å². The molecule has 0 unspecified atom stereocenters. The van der Waals surface area contributed by atoms with Crippen LogP contribution < -0.4 is 9.47 Å². The summed E-state index contributed by atoms with van der Waals surface area (Å²) < 4.78 is 17.3. The van der Waals surface area contributed by atoms with E-state index in [4.69, 9.17) is 14.2 Å². The zero-order valence-corrected chi connectivity index (χ0v) is 23.6. The molecule has 8 nitrogen and oxygen atoms in total. The van der Waals surface area contributed by atoms with Crippen LogP contribution in [0.2, 0.25) is 0 Å². The van der Waals surface area contributed by atoms with Crippen molar-refractivity contribution in [3.05, 3.63) is 64.7 Å². The van der Waals surface area contributed by atoms with Gasteiger partial charge in [-0.3, -0.25) is 14.5 Å². The number of fused-ring (bicyclic) bond motifs is 1. The fourth-order valence-electron chi connectivity index (χ4n) is 5.79. The van der Waals surface area contributed by atoms with Crippen molar-refractivity contribution in [3.8, 4) is 11.5 Å². The van der Waals surface area contributed by atoms with Crippen LogP contribution in [-0.2, 0) is 20.7 Å². The van der Waals surface area contributed by atoms with Gasteiger partial charge < -0.3 is 24.2 Å². The molecule has 40 heavy (non-hydrogen) atoms. The van der Waals surface area contributed by atoms with Gasteiger partial charge in [-0.1, -0.05) is 31.9 Å². The van der Waals surface area contributed by atoms with Gasteiger partial charge in [0.05, 0.1) is 31.4 Å². The number of unbranched alkanes of at least 4 members (excludes halogenated alkanes) is 2. The summed E-state index contributed by atoms with van der Waals surface area (Å²) in [5.41, 5.74) is 2.36. The average Bonchev–Trinajstić information content (AvgIpc) is 3.46. The van der Waals surface area contributed by atoms with Gasteiger partial charge in [0.2, 0.25) is 0 Å². The van der Waals surface area contributed by atoms with Crippen LogP contribution >= 0.6 is 0 Å². The Labute approximate surface area is 236 Å². The third-order valence-corrected chi connectivity index (χ3v) is 7.88. The van der Waals surface area contributed by atoms with Crippen LogP contribution in [-0.4, -0.2) is 78.7 Å². The van der Waals surface area contributed by atoms with Crippen LogP contribution in [0.3, 0.4) is 0 Å². The average molecular weight is 549 g/mol. The van der Waals surface area contributed by atoms with Crippen molar-refractivity contribution in [2.45, 2.75) is 58.1 Å². The molecule has 0 aliphatic carbocycles. The van der Waals surface area contributed by atoms with Crippen LogP contribution in [0.5, 0.6) is 11.5 Å². The molecule has 0 bridgehead atoms. The molecule has 3 aliphatic rings. The van der Waals surface area contributed by atoms with E-state index in [1.54, 1.807) is 11.0 Å². The van der Waals surface area contributed by atoms with E-state index in [1.807, 2.05) is 43.3 Å². The number of carbonyl (C=O) groups excluding carboxylic acids is 2. The molecule has 2 aromatic carbocycles. The minimum atomic E-state index is -0.702. The highest BCUT2D eigenvalue weighted by Crippen LogP contribution is 2.41. The van der Waals surface area contributed by atoms with E-state index in [-0.39, 0.29) is 17.4 Å². The van der Waals surface area contributed by atoms with Gasteiger partial charge in [0, 0.05) is 38.2 Å². The Morgan fingerprint density at radius 2 is 1.88 bits per heavy atom. The first-order valence-electron chi connectivity index (χ1n) is 14.6. The van der Waals surface area contributed by atoms with E-state index in [9.17, 15) is 14.7 Å². The van der Waals surface area contributed by atoms with E-state index in [1.165, 1.54) is 0 Å². The predicted octanol–water partition coefficient (Wildman–Crippen LogP) is 4.72. The number of rotatable bonds is 11. The van der Waals surface area contributed by atoms with Gasteiger partial charge in [-0.2, -0.15) is 0 Å². The highest BCUT2D eigenvalue weighted by Gasteiger charge is 2.46. The summed E-state index contributed by atoms with van der Waals surface area (Å²) in [6.45, 7) is 9.10. The Hall–Kier alpha value is -3.36. The summed E-state index contributed by atoms with van der Waals surface area (Å²) >= 11 is 0. The smallest absolute Gasteiger partial charge is 0.295 e. The van der Waals surface area contributed by atoms with Crippen molar-refractivity contribution in [2.75, 3.05) is 46.0 Å². The molecule has 2 aromatic rings. The van der Waals surface area contributed by atoms with Gasteiger partial charge in [-0.05, 0) is 61.2 Å². The number of aliphatic hydroxyl groups excluding tert-OH is 1. The molecule has 0 aromatic heterocycles. The molecule has 0 spiro atoms. The summed E-state index contributed by atoms with van der Waals surface area (Å²) in [6, 6.07) is 12.3. The first-order valence-corrected chi connectivity index (χ1v) is 14.6. The number of hydrogen-bond acceptors (Lipinski definition) is 7. The molecular weight excluding hydrogens is 508 g/mol. The summed E-state index contributed by atoms with van der Waals surface area (Å²) in [5.74, 6) is 0.0816. The van der Waals surface area contributed by atoms with Crippen molar-refractivity contribution >= 4 is 17.4 Å². The van der Waals surface area contributed by atoms with Gasteiger partial charge >= 0.3 is 0 Å². The summed E-state index contributed by atoms with van der Waals surface area (Å²) in [5, 5.41) is 11.5. The van der Waals surface area contributed by atoms with Crippen LogP contribution in [0, 0.1) is 0 Å². The maximum absolute atomic E-state index is 13.5. The monoisotopic (exact) mass is 548 g/mol. The molecule has 0 saturated carbocycles. The number of morpholine rings is 1. The van der Waals surface area contributed by atoms with E-state index in [0.717, 1.165) is 62.2 Å². The lowest BCUT2D eigenvalue weighted by Crippen LogP contribution is -2.38. The van der Waals surface area contributed by atoms with E-state index >= 15 is 0 Å². The van der Waals surface area contributed by atoms with Gasteiger partial charge in [0.25, 0.3) is 11.7 Å². The van der Waals surface area contributed by atoms with Crippen molar-refractivity contribution in [3.63, 3.8) is 0 Å². The number of benzene rings is 2. The first-order chi connectivity index (χ1) is 19.5. The van der Waals surface area contributed by atoms with Crippen molar-refractivity contribution in [1.29, 1.82) is 0 Å². The molecule has 5 rings (SSSR count). The molecule has 3 aliphatic heterocycles. The number of amides is 1. The van der Waals surface area contributed by atoms with Crippen molar-refractivity contribution < 1.29 is 28.9 Å². The fraction of sp³-hybridized carbons (Fsp3) is 0.500. The molecule has 214 valence electrons. The number of nitrogens with zero attached hydrogens (tertiary/aromatic N) is 2. The molecule has 1 amide bonds. The lowest BCUT2D eigenvalue weighted by atomic mass is 9.94. The SMILES string of the molecule is CCCCCOc1cccc([C@@H]2/C(=C(\O)c3ccc4c(c3)C[C@@H](C)O4)C(=O)C(=O)N2CCCN2CCOCC2)c1. The summed E-state index contributed by atoms with van der Waals surface area (Å²) in [6.07, 6.45) is 4.66. The lowest BCUT2D eigenvalue weighted by molar-refractivity contribution is -0.140. The Bertz CT molecular complexity index is 1250. The first kappa shape index (κ1) is 28.2. The van der Waals surface area contributed by atoms with Crippen LogP contribution in [0.25, 0.3) is 5.76 Å². The number of hydrogen-bond donors (Lipinski definition) is 1. The van der Waals surface area contributed by atoms with Crippen LogP contribution in [0.1, 0.15) is 62.3 Å². The van der Waals surface area contributed by atoms with E-state index < -0.39 is 17.7 Å². The Morgan fingerprint density at radius 3 is 2.67 bits per heavy atom.